The second kappa shape index (κ2) is 4.47. The van der Waals surface area contributed by atoms with Gasteiger partial charge in [0.25, 0.3) is 5.88 Å². The molecule has 2 heterocycles. The van der Waals surface area contributed by atoms with E-state index >= 15 is 0 Å². The first-order chi connectivity index (χ1) is 8.33. The molecule has 17 heavy (non-hydrogen) atoms. The van der Waals surface area contributed by atoms with Crippen LogP contribution in [0.15, 0.2) is 24.3 Å². The summed E-state index contributed by atoms with van der Waals surface area (Å²) in [6.45, 7) is 1.81. The van der Waals surface area contributed by atoms with Crippen molar-refractivity contribution < 1.29 is 4.74 Å². The number of ether oxygens (including phenoxy) is 1. The van der Waals surface area contributed by atoms with Crippen LogP contribution in [0.3, 0.4) is 0 Å². The smallest absolute Gasteiger partial charge is 0.253 e. The minimum atomic E-state index is 0.142. The molecule has 1 aromatic heterocycles. The van der Waals surface area contributed by atoms with E-state index in [0.29, 0.717) is 11.0 Å². The van der Waals surface area contributed by atoms with E-state index in [0.717, 1.165) is 30.5 Å². The van der Waals surface area contributed by atoms with E-state index in [2.05, 4.69) is 15.3 Å². The van der Waals surface area contributed by atoms with Crippen molar-refractivity contribution >= 4 is 22.6 Å². The molecule has 1 saturated heterocycles. The van der Waals surface area contributed by atoms with Gasteiger partial charge in [-0.1, -0.05) is 23.7 Å². The Hall–Kier alpha value is -1.39. The van der Waals surface area contributed by atoms with Gasteiger partial charge in [0.2, 0.25) is 0 Å². The molecule has 0 aliphatic carbocycles. The number of hydrogen-bond donors (Lipinski definition) is 1. The van der Waals surface area contributed by atoms with Gasteiger partial charge in [0.1, 0.15) is 6.10 Å². The lowest BCUT2D eigenvalue weighted by molar-refractivity contribution is 0.214. The Bertz CT molecular complexity index is 540. The zero-order valence-corrected chi connectivity index (χ0v) is 9.94. The molecule has 1 aromatic carbocycles. The maximum absolute atomic E-state index is 6.06. The number of aromatic nitrogens is 2. The molecule has 0 radical (unpaired) electrons. The molecule has 1 unspecified atom stereocenters. The van der Waals surface area contributed by atoms with Crippen molar-refractivity contribution in [2.45, 2.75) is 12.5 Å². The molecular weight excluding hydrogens is 238 g/mol. The van der Waals surface area contributed by atoms with Gasteiger partial charge in [-0.05, 0) is 25.1 Å². The van der Waals surface area contributed by atoms with E-state index in [1.807, 2.05) is 24.3 Å². The Morgan fingerprint density at radius 3 is 2.71 bits per heavy atom. The molecule has 4 nitrogen and oxygen atoms in total. The zero-order valence-electron chi connectivity index (χ0n) is 9.19. The van der Waals surface area contributed by atoms with Crippen molar-refractivity contribution in [3.05, 3.63) is 29.4 Å². The van der Waals surface area contributed by atoms with Crippen LogP contribution in [0, 0.1) is 0 Å². The number of nitrogens with one attached hydrogen (secondary N) is 1. The maximum atomic E-state index is 6.06. The quantitative estimate of drug-likeness (QED) is 0.885. The first-order valence-corrected chi connectivity index (χ1v) is 6.00. The van der Waals surface area contributed by atoms with Gasteiger partial charge in [-0.3, -0.25) is 0 Å². The number of hydrogen-bond acceptors (Lipinski definition) is 4. The SMILES string of the molecule is Clc1nc2ccccc2nc1OC1CCNC1. The van der Waals surface area contributed by atoms with E-state index in [4.69, 9.17) is 16.3 Å². The zero-order chi connectivity index (χ0) is 11.7. The fourth-order valence-electron chi connectivity index (χ4n) is 1.92. The Morgan fingerprint density at radius 1 is 1.24 bits per heavy atom. The highest BCUT2D eigenvalue weighted by Gasteiger charge is 2.18. The van der Waals surface area contributed by atoms with Crippen molar-refractivity contribution in [1.29, 1.82) is 0 Å². The van der Waals surface area contributed by atoms with E-state index in [-0.39, 0.29) is 6.10 Å². The molecule has 2 aromatic rings. The summed E-state index contributed by atoms with van der Waals surface area (Å²) in [7, 11) is 0. The fraction of sp³-hybridized carbons (Fsp3) is 0.333. The third-order valence-electron chi connectivity index (χ3n) is 2.79. The average Bonchev–Trinajstić information content (AvgIpc) is 2.83. The van der Waals surface area contributed by atoms with E-state index in [1.165, 1.54) is 0 Å². The molecule has 5 heteroatoms. The molecule has 1 atom stereocenters. The molecule has 0 saturated carbocycles. The summed E-state index contributed by atoms with van der Waals surface area (Å²) in [4.78, 5) is 8.67. The highest BCUT2D eigenvalue weighted by Crippen LogP contribution is 2.24. The molecule has 3 rings (SSSR count). The number of nitrogens with zero attached hydrogens (tertiary/aromatic N) is 2. The number of benzene rings is 1. The van der Waals surface area contributed by atoms with Crippen molar-refractivity contribution in [2.75, 3.05) is 13.1 Å². The monoisotopic (exact) mass is 249 g/mol. The van der Waals surface area contributed by atoms with Crippen LogP contribution in [0.25, 0.3) is 11.0 Å². The Labute approximate surface area is 104 Å². The Kier molecular flexibility index (Phi) is 2.82. The number of fused-ring (bicyclic) bond motifs is 1. The van der Waals surface area contributed by atoms with Gasteiger partial charge in [-0.15, -0.1) is 0 Å². The molecule has 1 aliphatic rings. The number of rotatable bonds is 2. The summed E-state index contributed by atoms with van der Waals surface area (Å²) in [5.41, 5.74) is 1.59. The molecule has 1 N–H and O–H groups in total. The van der Waals surface area contributed by atoms with E-state index in [9.17, 15) is 0 Å². The lowest BCUT2D eigenvalue weighted by atomic mass is 10.3. The fourth-order valence-corrected chi connectivity index (χ4v) is 2.10. The van der Waals surface area contributed by atoms with Crippen LogP contribution in [0.2, 0.25) is 5.15 Å². The van der Waals surface area contributed by atoms with Crippen LogP contribution in [0.1, 0.15) is 6.42 Å². The van der Waals surface area contributed by atoms with Crippen molar-refractivity contribution in [3.8, 4) is 5.88 Å². The van der Waals surface area contributed by atoms with Crippen molar-refractivity contribution in [3.63, 3.8) is 0 Å². The lowest BCUT2D eigenvalue weighted by Gasteiger charge is -2.12. The highest BCUT2D eigenvalue weighted by atomic mass is 35.5. The van der Waals surface area contributed by atoms with Gasteiger partial charge < -0.3 is 10.1 Å². The summed E-state index contributed by atoms with van der Waals surface area (Å²) >= 11 is 6.06. The predicted octanol–water partition coefficient (Wildman–Crippen LogP) is 2.02. The Balaban J connectivity index is 1.95. The normalized spacial score (nSPS) is 19.7. The van der Waals surface area contributed by atoms with Crippen molar-refractivity contribution in [2.24, 2.45) is 0 Å². The third-order valence-corrected chi connectivity index (χ3v) is 3.04. The Morgan fingerprint density at radius 2 is 2.00 bits per heavy atom. The van der Waals surface area contributed by atoms with Crippen LogP contribution >= 0.6 is 11.6 Å². The summed E-state index contributed by atoms with van der Waals surface area (Å²) in [5, 5.41) is 3.56. The molecule has 0 spiro atoms. The molecular formula is C12H12ClN3O. The maximum Gasteiger partial charge on any atom is 0.253 e. The topological polar surface area (TPSA) is 47.0 Å². The average molecular weight is 250 g/mol. The first kappa shape index (κ1) is 10.7. The van der Waals surface area contributed by atoms with Crippen LogP contribution in [-0.2, 0) is 0 Å². The van der Waals surface area contributed by atoms with E-state index < -0.39 is 0 Å². The summed E-state index contributed by atoms with van der Waals surface area (Å²) < 4.78 is 5.75. The van der Waals surface area contributed by atoms with Gasteiger partial charge in [-0.2, -0.15) is 0 Å². The van der Waals surface area contributed by atoms with Gasteiger partial charge in [0.05, 0.1) is 11.0 Å². The highest BCUT2D eigenvalue weighted by molar-refractivity contribution is 6.31. The summed E-state index contributed by atoms with van der Waals surface area (Å²) in [6.07, 6.45) is 1.12. The van der Waals surface area contributed by atoms with Crippen molar-refractivity contribution in [1.82, 2.24) is 15.3 Å². The number of halogens is 1. The molecule has 88 valence electrons. The van der Waals surface area contributed by atoms with Crippen LogP contribution in [0.4, 0.5) is 0 Å². The van der Waals surface area contributed by atoms with Gasteiger partial charge in [-0.25, -0.2) is 9.97 Å². The summed E-state index contributed by atoms with van der Waals surface area (Å²) in [5.74, 6) is 0.430. The third kappa shape index (κ3) is 2.18. The standard InChI is InChI=1S/C12H12ClN3O/c13-11-12(17-8-5-6-14-7-8)16-10-4-2-1-3-9(10)15-11/h1-4,8,14H,5-7H2. The van der Waals surface area contributed by atoms with Crippen LogP contribution < -0.4 is 10.1 Å². The van der Waals surface area contributed by atoms with Gasteiger partial charge >= 0.3 is 0 Å². The molecule has 0 amide bonds. The summed E-state index contributed by atoms with van der Waals surface area (Å²) in [6, 6.07) is 7.62. The molecule has 1 fully saturated rings. The number of para-hydroxylation sites is 2. The molecule has 0 bridgehead atoms. The largest absolute Gasteiger partial charge is 0.471 e. The lowest BCUT2D eigenvalue weighted by Crippen LogP contribution is -2.20. The minimum absolute atomic E-state index is 0.142. The van der Waals surface area contributed by atoms with Gasteiger partial charge in [0.15, 0.2) is 5.15 Å². The minimum Gasteiger partial charge on any atom is -0.471 e. The van der Waals surface area contributed by atoms with Crippen LogP contribution in [-0.4, -0.2) is 29.2 Å². The van der Waals surface area contributed by atoms with Crippen LogP contribution in [0.5, 0.6) is 5.88 Å². The first-order valence-electron chi connectivity index (χ1n) is 5.62. The second-order valence-electron chi connectivity index (χ2n) is 4.04. The van der Waals surface area contributed by atoms with Gasteiger partial charge in [0, 0.05) is 6.54 Å². The predicted molar refractivity (Wildman–Crippen MR) is 66.5 cm³/mol. The second-order valence-corrected chi connectivity index (χ2v) is 4.40. The van der Waals surface area contributed by atoms with E-state index in [1.54, 1.807) is 0 Å². The molecule has 1 aliphatic heterocycles.